The Balaban J connectivity index is 1.73. The summed E-state index contributed by atoms with van der Waals surface area (Å²) in [4.78, 5) is 6.75. The maximum absolute atomic E-state index is 13.0. The SMILES string of the molecule is CN=C(/C=C\C1=CCCN(CCC2CCCCC2)CC1)CCC(C)(F)F. The second-order valence-corrected chi connectivity index (χ2v) is 8.07. The Kier molecular flexibility index (Phi) is 8.97. The number of hydrogen-bond acceptors (Lipinski definition) is 2. The highest BCUT2D eigenvalue weighted by Gasteiger charge is 2.21. The van der Waals surface area contributed by atoms with Crippen LogP contribution >= 0.6 is 0 Å². The van der Waals surface area contributed by atoms with Crippen molar-refractivity contribution in [3.05, 3.63) is 23.8 Å². The van der Waals surface area contributed by atoms with Crippen LogP contribution in [0.25, 0.3) is 0 Å². The number of nitrogens with zero attached hydrogens (tertiary/aromatic N) is 2. The Bertz CT molecular complexity index is 497. The van der Waals surface area contributed by atoms with Crippen molar-refractivity contribution in [2.24, 2.45) is 10.9 Å². The largest absolute Gasteiger partial charge is 0.303 e. The fourth-order valence-corrected chi connectivity index (χ4v) is 3.97. The Morgan fingerprint density at radius 2 is 2.04 bits per heavy atom. The van der Waals surface area contributed by atoms with Gasteiger partial charge in [0.25, 0.3) is 0 Å². The van der Waals surface area contributed by atoms with Crippen LogP contribution in [-0.4, -0.2) is 43.2 Å². The van der Waals surface area contributed by atoms with Crippen LogP contribution in [0.1, 0.15) is 71.1 Å². The first kappa shape index (κ1) is 21.3. The van der Waals surface area contributed by atoms with Gasteiger partial charge in [0.1, 0.15) is 0 Å². The lowest BCUT2D eigenvalue weighted by molar-refractivity contribution is 0.0151. The smallest absolute Gasteiger partial charge is 0.245 e. The number of halogens is 2. The highest BCUT2D eigenvalue weighted by atomic mass is 19.3. The second kappa shape index (κ2) is 11.0. The van der Waals surface area contributed by atoms with Gasteiger partial charge in [-0.05, 0) is 51.1 Å². The average molecular weight is 367 g/mol. The molecule has 26 heavy (non-hydrogen) atoms. The van der Waals surface area contributed by atoms with E-state index in [4.69, 9.17) is 0 Å². The van der Waals surface area contributed by atoms with Gasteiger partial charge in [-0.2, -0.15) is 0 Å². The van der Waals surface area contributed by atoms with E-state index in [0.717, 1.165) is 44.5 Å². The van der Waals surface area contributed by atoms with Gasteiger partial charge >= 0.3 is 0 Å². The molecule has 0 radical (unpaired) electrons. The van der Waals surface area contributed by atoms with E-state index >= 15 is 0 Å². The van der Waals surface area contributed by atoms with Gasteiger partial charge in [-0.3, -0.25) is 4.99 Å². The van der Waals surface area contributed by atoms with E-state index in [-0.39, 0.29) is 6.42 Å². The van der Waals surface area contributed by atoms with Crippen LogP contribution in [0.3, 0.4) is 0 Å². The highest BCUT2D eigenvalue weighted by molar-refractivity contribution is 5.95. The molecule has 148 valence electrons. The summed E-state index contributed by atoms with van der Waals surface area (Å²) in [6, 6.07) is 0. The van der Waals surface area contributed by atoms with Crippen LogP contribution in [0.2, 0.25) is 0 Å². The van der Waals surface area contributed by atoms with Crippen LogP contribution < -0.4 is 0 Å². The van der Waals surface area contributed by atoms with E-state index < -0.39 is 5.92 Å². The van der Waals surface area contributed by atoms with Crippen LogP contribution in [0, 0.1) is 5.92 Å². The number of aliphatic imine (C=N–C) groups is 1. The van der Waals surface area contributed by atoms with E-state index in [1.54, 1.807) is 7.05 Å². The normalized spacial score (nSPS) is 21.8. The van der Waals surface area contributed by atoms with Crippen molar-refractivity contribution in [3.63, 3.8) is 0 Å². The molecule has 0 spiro atoms. The maximum atomic E-state index is 13.0. The summed E-state index contributed by atoms with van der Waals surface area (Å²) in [5, 5.41) is 0. The summed E-state index contributed by atoms with van der Waals surface area (Å²) >= 11 is 0. The lowest BCUT2D eigenvalue weighted by Gasteiger charge is -2.26. The van der Waals surface area contributed by atoms with Gasteiger partial charge in [-0.25, -0.2) is 8.78 Å². The minimum atomic E-state index is -2.62. The number of alkyl halides is 2. The van der Waals surface area contributed by atoms with E-state index in [9.17, 15) is 8.78 Å². The Morgan fingerprint density at radius 1 is 1.27 bits per heavy atom. The molecule has 1 fully saturated rings. The fourth-order valence-electron chi connectivity index (χ4n) is 3.97. The molecule has 0 aromatic carbocycles. The number of allylic oxidation sites excluding steroid dienone is 2. The van der Waals surface area contributed by atoms with E-state index in [2.05, 4.69) is 22.0 Å². The first-order valence-corrected chi connectivity index (χ1v) is 10.4. The van der Waals surface area contributed by atoms with Crippen LogP contribution in [0.15, 0.2) is 28.8 Å². The molecule has 2 rings (SSSR count). The molecule has 2 aliphatic rings. The summed E-state index contributed by atoms with van der Waals surface area (Å²) in [7, 11) is 1.68. The average Bonchev–Trinajstić information content (AvgIpc) is 2.85. The number of hydrogen-bond donors (Lipinski definition) is 0. The molecule has 1 saturated carbocycles. The third-order valence-corrected chi connectivity index (χ3v) is 5.74. The Hall–Kier alpha value is -1.03. The van der Waals surface area contributed by atoms with Crippen molar-refractivity contribution < 1.29 is 8.78 Å². The Morgan fingerprint density at radius 3 is 2.73 bits per heavy atom. The summed E-state index contributed by atoms with van der Waals surface area (Å²) < 4.78 is 26.0. The molecule has 0 aromatic rings. The van der Waals surface area contributed by atoms with Gasteiger partial charge in [0.05, 0.1) is 0 Å². The molecular weight excluding hydrogens is 330 g/mol. The minimum Gasteiger partial charge on any atom is -0.303 e. The zero-order valence-electron chi connectivity index (χ0n) is 16.7. The zero-order valence-corrected chi connectivity index (χ0v) is 16.7. The molecule has 1 heterocycles. The van der Waals surface area contributed by atoms with Gasteiger partial charge in [0, 0.05) is 32.3 Å². The van der Waals surface area contributed by atoms with Crippen molar-refractivity contribution in [3.8, 4) is 0 Å². The van der Waals surface area contributed by atoms with Gasteiger partial charge in [0.15, 0.2) is 0 Å². The van der Waals surface area contributed by atoms with Crippen LogP contribution in [-0.2, 0) is 0 Å². The molecule has 1 aliphatic heterocycles. The molecule has 0 unspecified atom stereocenters. The van der Waals surface area contributed by atoms with E-state index in [1.807, 2.05) is 6.08 Å². The molecule has 0 aromatic heterocycles. The first-order valence-electron chi connectivity index (χ1n) is 10.4. The molecule has 2 nitrogen and oxygen atoms in total. The predicted molar refractivity (Wildman–Crippen MR) is 107 cm³/mol. The number of rotatable bonds is 8. The molecule has 0 atom stereocenters. The monoisotopic (exact) mass is 366 g/mol. The van der Waals surface area contributed by atoms with Crippen molar-refractivity contribution in [1.82, 2.24) is 4.90 Å². The molecule has 0 N–H and O–H groups in total. The van der Waals surface area contributed by atoms with Crippen molar-refractivity contribution in [1.29, 1.82) is 0 Å². The minimum absolute atomic E-state index is 0.141. The summed E-state index contributed by atoms with van der Waals surface area (Å²) in [6.45, 7) is 4.44. The van der Waals surface area contributed by atoms with Gasteiger partial charge in [-0.15, -0.1) is 0 Å². The molecular formula is C22H36F2N2. The summed E-state index contributed by atoms with van der Waals surface area (Å²) in [5.41, 5.74) is 2.07. The van der Waals surface area contributed by atoms with Crippen molar-refractivity contribution >= 4 is 5.71 Å². The maximum Gasteiger partial charge on any atom is 0.245 e. The van der Waals surface area contributed by atoms with Crippen LogP contribution in [0.5, 0.6) is 0 Å². The lowest BCUT2D eigenvalue weighted by Crippen LogP contribution is -2.27. The molecule has 1 aliphatic carbocycles. The van der Waals surface area contributed by atoms with Crippen molar-refractivity contribution in [2.45, 2.75) is 77.1 Å². The van der Waals surface area contributed by atoms with Crippen molar-refractivity contribution in [2.75, 3.05) is 26.7 Å². The third kappa shape index (κ3) is 8.57. The van der Waals surface area contributed by atoms with Gasteiger partial charge in [0.2, 0.25) is 5.92 Å². The standard InChI is InChI=1S/C22H36F2N2/c1-22(23,24)15-12-21(25-2)11-10-20-9-6-16-26(18-14-20)17-13-19-7-4-3-5-8-19/h9-11,19H,3-8,12-18H2,1-2H3/b11-10-,25-21?. The lowest BCUT2D eigenvalue weighted by atomic mass is 9.87. The third-order valence-electron chi connectivity index (χ3n) is 5.74. The molecule has 0 saturated heterocycles. The molecule has 0 amide bonds. The first-order chi connectivity index (χ1) is 12.5. The summed E-state index contributed by atoms with van der Waals surface area (Å²) in [6.07, 6.45) is 17.1. The van der Waals surface area contributed by atoms with Gasteiger partial charge < -0.3 is 4.90 Å². The quantitative estimate of drug-likeness (QED) is 0.478. The topological polar surface area (TPSA) is 15.6 Å². The fraction of sp³-hybridized carbons (Fsp3) is 0.773. The Labute approximate surface area is 158 Å². The van der Waals surface area contributed by atoms with E-state index in [0.29, 0.717) is 6.42 Å². The second-order valence-electron chi connectivity index (χ2n) is 8.07. The van der Waals surface area contributed by atoms with Gasteiger partial charge in [-0.1, -0.05) is 49.8 Å². The predicted octanol–water partition coefficient (Wildman–Crippen LogP) is 6.04. The highest BCUT2D eigenvalue weighted by Crippen LogP contribution is 2.27. The summed E-state index contributed by atoms with van der Waals surface area (Å²) in [5.74, 6) is -1.68. The molecule has 0 bridgehead atoms. The van der Waals surface area contributed by atoms with Crippen LogP contribution in [0.4, 0.5) is 8.78 Å². The molecule has 4 heteroatoms. The zero-order chi connectivity index (χ0) is 18.8. The van der Waals surface area contributed by atoms with E-state index in [1.165, 1.54) is 50.6 Å².